The molecule has 0 aliphatic heterocycles. The average molecular weight is 108 g/mol. The van der Waals surface area contributed by atoms with Crippen molar-refractivity contribution < 1.29 is 0 Å². The summed E-state index contributed by atoms with van der Waals surface area (Å²) in [6.07, 6.45) is 0. The largest absolute Gasteiger partial charge is 0.322 e. The summed E-state index contributed by atoms with van der Waals surface area (Å²) in [7, 11) is 0. The van der Waals surface area contributed by atoms with Crippen LogP contribution in [-0.2, 0) is 0 Å². The third-order valence-corrected chi connectivity index (χ3v) is 0.346. The van der Waals surface area contributed by atoms with Gasteiger partial charge in [0.1, 0.15) is 4.38 Å². The molecule has 0 amide bonds. The van der Waals surface area contributed by atoms with Gasteiger partial charge in [0.2, 0.25) is 0 Å². The maximum Gasteiger partial charge on any atom is 0.143 e. The average Bonchev–Trinajstić information content (AvgIpc) is 1.38. The molecule has 0 aromatic carbocycles. The molecule has 0 aromatic heterocycles. The summed E-state index contributed by atoms with van der Waals surface area (Å²) in [4.78, 5) is 0. The molecule has 5 heavy (non-hydrogen) atoms. The molecule has 0 spiro atoms. The van der Waals surface area contributed by atoms with Gasteiger partial charge < -0.3 is 5.84 Å². The second-order valence-corrected chi connectivity index (χ2v) is 1.63. The van der Waals surface area contributed by atoms with Crippen molar-refractivity contribution in [3.05, 3.63) is 0 Å². The van der Waals surface area contributed by atoms with E-state index in [-0.39, 0.29) is 0 Å². The van der Waals surface area contributed by atoms with Gasteiger partial charge >= 0.3 is 0 Å². The minimum absolute atomic E-state index is 0.296. The van der Waals surface area contributed by atoms with Crippen LogP contribution in [0.3, 0.4) is 0 Å². The van der Waals surface area contributed by atoms with E-state index in [1.54, 1.807) is 0 Å². The lowest BCUT2D eigenvalue weighted by Crippen LogP contribution is -1.80. The number of hydrogen-bond donors (Lipinski definition) is 3. The Labute approximate surface area is 41.3 Å². The molecule has 0 fully saturated rings. The zero-order valence-electron chi connectivity index (χ0n) is 2.42. The van der Waals surface area contributed by atoms with E-state index >= 15 is 0 Å². The van der Waals surface area contributed by atoms with Crippen molar-refractivity contribution in [3.8, 4) is 0 Å². The van der Waals surface area contributed by atoms with Gasteiger partial charge in [-0.25, -0.2) is 0 Å². The fourth-order valence-corrected chi connectivity index (χ4v) is 0. The van der Waals surface area contributed by atoms with Crippen molar-refractivity contribution in [1.29, 1.82) is 0 Å². The van der Waals surface area contributed by atoms with Crippen molar-refractivity contribution in [2.75, 3.05) is 0 Å². The fraction of sp³-hybridized carbons (Fsp3) is 0. The lowest BCUT2D eigenvalue weighted by molar-refractivity contribution is 1.27. The zero-order chi connectivity index (χ0) is 4.28. The molecular formula is CH4N2S2. The Morgan fingerprint density at radius 3 is 1.80 bits per heavy atom. The maximum absolute atomic E-state index is 4.61. The normalized spacial score (nSPS) is 6.80. The number of nitrogens with two attached hydrogens (primary N) is 1. The van der Waals surface area contributed by atoms with E-state index in [9.17, 15) is 0 Å². The van der Waals surface area contributed by atoms with Crippen LogP contribution < -0.4 is 5.84 Å². The van der Waals surface area contributed by atoms with Crippen LogP contribution in [0.15, 0.2) is 5.10 Å². The van der Waals surface area contributed by atoms with Gasteiger partial charge in [0, 0.05) is 0 Å². The lowest BCUT2D eigenvalue weighted by Gasteiger charge is -1.71. The van der Waals surface area contributed by atoms with Gasteiger partial charge in [0.25, 0.3) is 0 Å². The van der Waals surface area contributed by atoms with Crippen molar-refractivity contribution in [1.82, 2.24) is 0 Å². The maximum atomic E-state index is 4.61. The summed E-state index contributed by atoms with van der Waals surface area (Å²) >= 11 is 7.17. The van der Waals surface area contributed by atoms with E-state index in [4.69, 9.17) is 0 Å². The van der Waals surface area contributed by atoms with Gasteiger partial charge in [0.05, 0.1) is 0 Å². The van der Waals surface area contributed by atoms with Crippen LogP contribution in [0.4, 0.5) is 0 Å². The molecule has 0 atom stereocenters. The summed E-state index contributed by atoms with van der Waals surface area (Å²) in [6, 6.07) is 0. The Balaban J connectivity index is 3.14. The van der Waals surface area contributed by atoms with E-state index in [0.29, 0.717) is 4.38 Å². The predicted octanol–water partition coefficient (Wildman–Crippen LogP) is 0.0757. The number of rotatable bonds is 0. The molecule has 0 aliphatic rings. The molecule has 0 aromatic rings. The molecular weight excluding hydrogens is 104 g/mol. The molecule has 0 unspecified atom stereocenters. The Kier molecular flexibility index (Phi) is 2.49. The minimum atomic E-state index is 0.296. The molecule has 0 aliphatic carbocycles. The topological polar surface area (TPSA) is 38.4 Å². The van der Waals surface area contributed by atoms with E-state index in [2.05, 4.69) is 36.2 Å². The minimum Gasteiger partial charge on any atom is -0.322 e. The first-order valence-electron chi connectivity index (χ1n) is 0.929. The summed E-state index contributed by atoms with van der Waals surface area (Å²) in [6.45, 7) is 0. The molecule has 2 nitrogen and oxygen atoms in total. The van der Waals surface area contributed by atoms with Crippen LogP contribution in [0.1, 0.15) is 0 Å². The van der Waals surface area contributed by atoms with Gasteiger partial charge in [-0.2, -0.15) is 5.10 Å². The Morgan fingerprint density at radius 2 is 1.80 bits per heavy atom. The molecule has 2 N–H and O–H groups in total. The van der Waals surface area contributed by atoms with E-state index in [1.807, 2.05) is 0 Å². The van der Waals surface area contributed by atoms with E-state index in [1.165, 1.54) is 0 Å². The first kappa shape index (κ1) is 5.17. The molecule has 0 saturated heterocycles. The zero-order valence-corrected chi connectivity index (χ0v) is 4.21. The van der Waals surface area contributed by atoms with Crippen LogP contribution in [0.25, 0.3) is 0 Å². The third-order valence-electron chi connectivity index (χ3n) is 0.115. The highest BCUT2D eigenvalue weighted by atomic mass is 32.2. The van der Waals surface area contributed by atoms with Gasteiger partial charge in [-0.05, 0) is 0 Å². The standard InChI is InChI=1S/CH4N2S2/c2-3-1(4)5/h2H2,(H2,3,4,5). The highest BCUT2D eigenvalue weighted by Gasteiger charge is 1.65. The molecule has 0 heterocycles. The monoisotopic (exact) mass is 108 g/mol. The SMILES string of the molecule is NN=C(S)S. The molecule has 4 heteroatoms. The number of hydrazone groups is 1. The Morgan fingerprint density at radius 1 is 1.60 bits per heavy atom. The highest BCUT2D eigenvalue weighted by molar-refractivity contribution is 8.23. The summed E-state index contributed by atoms with van der Waals surface area (Å²) < 4.78 is 0.296. The fourth-order valence-electron chi connectivity index (χ4n) is 0. The van der Waals surface area contributed by atoms with Gasteiger partial charge in [-0.1, -0.05) is 0 Å². The van der Waals surface area contributed by atoms with Gasteiger partial charge in [-0.15, -0.1) is 25.3 Å². The van der Waals surface area contributed by atoms with Crippen LogP contribution in [0.2, 0.25) is 0 Å². The predicted molar refractivity (Wildman–Crippen MR) is 29.6 cm³/mol. The summed E-state index contributed by atoms with van der Waals surface area (Å²) in [5.74, 6) is 4.61. The van der Waals surface area contributed by atoms with E-state index < -0.39 is 0 Å². The molecule has 0 radical (unpaired) electrons. The molecule has 0 saturated carbocycles. The number of thiol groups is 2. The molecule has 30 valence electrons. The third kappa shape index (κ3) is 4.17. The molecule has 0 rings (SSSR count). The van der Waals surface area contributed by atoms with Crippen molar-refractivity contribution in [2.45, 2.75) is 0 Å². The summed E-state index contributed by atoms with van der Waals surface area (Å²) in [5, 5.41) is 3.03. The smallest absolute Gasteiger partial charge is 0.143 e. The number of hydrogen-bond acceptors (Lipinski definition) is 2. The second-order valence-electron chi connectivity index (χ2n) is 0.429. The first-order valence-corrected chi connectivity index (χ1v) is 1.82. The van der Waals surface area contributed by atoms with Crippen LogP contribution in [0, 0.1) is 0 Å². The van der Waals surface area contributed by atoms with Crippen molar-refractivity contribution in [2.24, 2.45) is 10.9 Å². The Hall–Kier alpha value is 0.170. The first-order chi connectivity index (χ1) is 2.27. The Bertz CT molecular complexity index is 45.6. The highest BCUT2D eigenvalue weighted by Crippen LogP contribution is 1.82. The quantitative estimate of drug-likeness (QED) is 0.133. The second kappa shape index (κ2) is 2.41. The molecule has 0 bridgehead atoms. The van der Waals surface area contributed by atoms with Gasteiger partial charge in [0.15, 0.2) is 0 Å². The van der Waals surface area contributed by atoms with Crippen LogP contribution >= 0.6 is 25.3 Å². The van der Waals surface area contributed by atoms with Gasteiger partial charge in [-0.3, -0.25) is 0 Å². The van der Waals surface area contributed by atoms with Crippen LogP contribution in [-0.4, -0.2) is 4.38 Å². The van der Waals surface area contributed by atoms with E-state index in [0.717, 1.165) is 0 Å². The van der Waals surface area contributed by atoms with Crippen LogP contribution in [0.5, 0.6) is 0 Å². The van der Waals surface area contributed by atoms with Crippen molar-refractivity contribution in [3.63, 3.8) is 0 Å². The lowest BCUT2D eigenvalue weighted by atomic mass is 11.7. The van der Waals surface area contributed by atoms with Crippen molar-refractivity contribution >= 4 is 29.6 Å². The number of nitrogens with zero attached hydrogens (tertiary/aromatic N) is 1. The summed E-state index contributed by atoms with van der Waals surface area (Å²) in [5.41, 5.74) is 0.